The maximum Gasteiger partial charge on any atom is 0.224 e. The molecule has 2 aliphatic rings. The van der Waals surface area contributed by atoms with Crippen LogP contribution in [0.3, 0.4) is 0 Å². The van der Waals surface area contributed by atoms with E-state index in [0.717, 1.165) is 19.4 Å². The number of rotatable bonds is 6. The molecule has 1 aliphatic carbocycles. The Morgan fingerprint density at radius 3 is 2.86 bits per heavy atom. The van der Waals surface area contributed by atoms with Gasteiger partial charge in [-0.25, -0.2) is 4.98 Å². The summed E-state index contributed by atoms with van der Waals surface area (Å²) >= 11 is 0. The maximum atomic E-state index is 13.1. The van der Waals surface area contributed by atoms with E-state index in [1.165, 1.54) is 31.2 Å². The molecule has 2 heterocycles. The van der Waals surface area contributed by atoms with Crippen LogP contribution in [0.4, 0.5) is 10.1 Å². The van der Waals surface area contributed by atoms with E-state index in [1.54, 1.807) is 0 Å². The molecule has 1 N–H and O–H groups in total. The second-order valence-electron chi connectivity index (χ2n) is 9.12. The van der Waals surface area contributed by atoms with Gasteiger partial charge in [-0.3, -0.25) is 4.79 Å². The molecule has 0 aromatic carbocycles. The normalized spacial score (nSPS) is 32.0. The Labute approximate surface area is 173 Å². The van der Waals surface area contributed by atoms with Crippen molar-refractivity contribution in [2.75, 3.05) is 11.9 Å². The monoisotopic (exact) mass is 405 g/mol. The number of nitrogens with zero attached hydrogens (tertiary/aromatic N) is 1. The first-order chi connectivity index (χ1) is 13.8. The van der Waals surface area contributed by atoms with Gasteiger partial charge in [0.05, 0.1) is 12.7 Å². The standard InChI is InChI=1S/C23H34FN2O3/c1-14-4-6-19(20-13-29-15(2)5-7-18(14)20)16(3)21(27)8-9-23(28)26-17-10-11-25-22(24)12-17/h10-12,14-16,18-21H,4-9,13H2,1-3H3,(H,25,26,28)/q-1/t14-,15+,16-,18+,19+,20?,21-/m1/s1. The van der Waals surface area contributed by atoms with Crippen LogP contribution in [-0.4, -0.2) is 29.7 Å². The summed E-state index contributed by atoms with van der Waals surface area (Å²) in [4.78, 5) is 15.6. The van der Waals surface area contributed by atoms with E-state index >= 15 is 0 Å². The fourth-order valence-electron chi connectivity index (χ4n) is 5.32. The smallest absolute Gasteiger partial charge is 0.224 e. The molecular weight excluding hydrogens is 371 g/mol. The number of hydrogen-bond acceptors (Lipinski definition) is 4. The molecule has 3 rings (SSSR count). The molecule has 1 aromatic heterocycles. The fraction of sp³-hybridized carbons (Fsp3) is 0.739. The van der Waals surface area contributed by atoms with E-state index in [2.05, 4.69) is 31.1 Å². The van der Waals surface area contributed by atoms with Crippen LogP contribution in [-0.2, 0) is 9.53 Å². The Morgan fingerprint density at radius 2 is 2.10 bits per heavy atom. The molecule has 162 valence electrons. The molecule has 1 aromatic rings. The van der Waals surface area contributed by atoms with E-state index < -0.39 is 12.1 Å². The van der Waals surface area contributed by atoms with E-state index in [1.807, 2.05) is 0 Å². The van der Waals surface area contributed by atoms with Gasteiger partial charge in [-0.2, -0.15) is 4.39 Å². The number of carbonyl (C=O) groups excluding carboxylic acids is 1. The van der Waals surface area contributed by atoms with Crippen molar-refractivity contribution < 1.29 is 19.0 Å². The van der Waals surface area contributed by atoms with Crippen molar-refractivity contribution >= 4 is 11.6 Å². The number of fused-ring (bicyclic) bond motifs is 1. The molecule has 0 bridgehead atoms. The first-order valence-electron chi connectivity index (χ1n) is 11.0. The quantitative estimate of drug-likeness (QED) is 0.731. The average molecular weight is 406 g/mol. The number of nitrogens with one attached hydrogen (secondary N) is 1. The predicted octanol–water partition coefficient (Wildman–Crippen LogP) is 3.78. The highest BCUT2D eigenvalue weighted by Gasteiger charge is 2.41. The minimum absolute atomic E-state index is 0.0122. The number of ether oxygens (including phenoxy) is 1. The summed E-state index contributed by atoms with van der Waals surface area (Å²) in [5.41, 5.74) is 0.367. The number of anilines is 1. The van der Waals surface area contributed by atoms with Gasteiger partial charge in [-0.05, 0) is 55.9 Å². The zero-order chi connectivity index (χ0) is 21.0. The van der Waals surface area contributed by atoms with Crippen molar-refractivity contribution in [3.05, 3.63) is 24.3 Å². The first-order valence-corrected chi connectivity index (χ1v) is 11.0. The van der Waals surface area contributed by atoms with Crippen molar-refractivity contribution in [3.63, 3.8) is 0 Å². The summed E-state index contributed by atoms with van der Waals surface area (Å²) < 4.78 is 19.2. The molecule has 1 unspecified atom stereocenters. The number of aromatic nitrogens is 1. The third kappa shape index (κ3) is 5.76. The van der Waals surface area contributed by atoms with Crippen LogP contribution >= 0.6 is 0 Å². The Hall–Kier alpha value is -1.53. The lowest BCUT2D eigenvalue weighted by Crippen LogP contribution is -2.45. The van der Waals surface area contributed by atoms with Gasteiger partial charge in [-0.1, -0.05) is 32.6 Å². The van der Waals surface area contributed by atoms with Gasteiger partial charge in [-0.15, -0.1) is 6.10 Å². The molecule has 1 aliphatic heterocycles. The number of amides is 1. The number of carbonyl (C=O) groups is 1. The number of pyridine rings is 1. The lowest BCUT2D eigenvalue weighted by Gasteiger charge is -2.47. The molecule has 1 amide bonds. The summed E-state index contributed by atoms with van der Waals surface area (Å²) in [5.74, 6) is 1.25. The topological polar surface area (TPSA) is 74.3 Å². The third-order valence-corrected chi connectivity index (χ3v) is 7.19. The Kier molecular flexibility index (Phi) is 7.63. The molecule has 6 heteroatoms. The summed E-state index contributed by atoms with van der Waals surface area (Å²) in [6, 6.07) is 2.71. The highest BCUT2D eigenvalue weighted by molar-refractivity contribution is 5.90. The third-order valence-electron chi connectivity index (χ3n) is 7.19. The highest BCUT2D eigenvalue weighted by Crippen LogP contribution is 2.46. The zero-order valence-corrected chi connectivity index (χ0v) is 17.8. The van der Waals surface area contributed by atoms with Gasteiger partial charge in [0.1, 0.15) is 0 Å². The molecular formula is C23H34FN2O3-. The zero-order valence-electron chi connectivity index (χ0n) is 17.8. The lowest BCUT2D eigenvalue weighted by molar-refractivity contribution is -0.437. The maximum absolute atomic E-state index is 13.1. The van der Waals surface area contributed by atoms with Crippen LogP contribution in [0.5, 0.6) is 0 Å². The summed E-state index contributed by atoms with van der Waals surface area (Å²) in [6.07, 6.45) is 5.79. The van der Waals surface area contributed by atoms with Crippen LogP contribution in [0.2, 0.25) is 0 Å². The molecule has 5 nitrogen and oxygen atoms in total. The first kappa shape index (κ1) is 22.2. The Balaban J connectivity index is 1.54. The van der Waals surface area contributed by atoms with Gasteiger partial charge < -0.3 is 15.2 Å². The molecule has 1 saturated carbocycles. The van der Waals surface area contributed by atoms with Crippen molar-refractivity contribution in [3.8, 4) is 0 Å². The van der Waals surface area contributed by atoms with Gasteiger partial charge >= 0.3 is 0 Å². The second kappa shape index (κ2) is 9.98. The molecule has 29 heavy (non-hydrogen) atoms. The van der Waals surface area contributed by atoms with Crippen molar-refractivity contribution in [1.82, 2.24) is 4.98 Å². The van der Waals surface area contributed by atoms with Gasteiger partial charge in [0.15, 0.2) is 0 Å². The molecule has 0 spiro atoms. The number of halogens is 1. The highest BCUT2D eigenvalue weighted by atomic mass is 19.1. The van der Waals surface area contributed by atoms with Crippen LogP contribution in [0, 0.1) is 35.5 Å². The Bertz CT molecular complexity index is 686. The lowest BCUT2D eigenvalue weighted by atomic mass is 9.62. The molecule has 7 atom stereocenters. The second-order valence-corrected chi connectivity index (χ2v) is 9.12. The van der Waals surface area contributed by atoms with Crippen LogP contribution < -0.4 is 10.4 Å². The number of hydrogen-bond donors (Lipinski definition) is 1. The van der Waals surface area contributed by atoms with E-state index in [0.29, 0.717) is 41.9 Å². The minimum atomic E-state index is -0.783. The predicted molar refractivity (Wildman–Crippen MR) is 109 cm³/mol. The largest absolute Gasteiger partial charge is 0.852 e. The molecule has 2 fully saturated rings. The van der Waals surface area contributed by atoms with Gasteiger partial charge in [0.2, 0.25) is 11.9 Å². The molecule has 1 saturated heterocycles. The van der Waals surface area contributed by atoms with Crippen LogP contribution in [0.1, 0.15) is 59.3 Å². The van der Waals surface area contributed by atoms with Gasteiger partial charge in [0.25, 0.3) is 0 Å². The van der Waals surface area contributed by atoms with Crippen molar-refractivity contribution in [1.29, 1.82) is 0 Å². The van der Waals surface area contributed by atoms with Gasteiger partial charge in [0, 0.05) is 24.4 Å². The van der Waals surface area contributed by atoms with E-state index in [9.17, 15) is 14.3 Å². The van der Waals surface area contributed by atoms with E-state index in [4.69, 9.17) is 4.74 Å². The van der Waals surface area contributed by atoms with Crippen LogP contribution in [0.25, 0.3) is 0 Å². The van der Waals surface area contributed by atoms with Crippen molar-refractivity contribution in [2.45, 2.75) is 71.5 Å². The minimum Gasteiger partial charge on any atom is -0.852 e. The molecule has 0 radical (unpaired) electrons. The summed E-state index contributed by atoms with van der Waals surface area (Å²) in [6.45, 7) is 7.30. The van der Waals surface area contributed by atoms with E-state index in [-0.39, 0.29) is 18.2 Å². The van der Waals surface area contributed by atoms with Crippen molar-refractivity contribution in [2.24, 2.45) is 29.6 Å². The summed E-state index contributed by atoms with van der Waals surface area (Å²) in [7, 11) is 0. The summed E-state index contributed by atoms with van der Waals surface area (Å²) in [5, 5.41) is 15.6. The SMILES string of the molecule is C[C@@H]([C@H]([O-])CCC(=O)Nc1ccnc(F)c1)[C@@H]1CC[C@@H](C)[C@@H]2CC[C@H](C)OCC12. The Morgan fingerprint density at radius 1 is 1.31 bits per heavy atom. The average Bonchev–Trinajstić information content (AvgIpc) is 2.88. The fourth-order valence-corrected chi connectivity index (χ4v) is 5.32. The van der Waals surface area contributed by atoms with Crippen LogP contribution in [0.15, 0.2) is 18.3 Å².